The minimum Gasteiger partial charge on any atom is -0.493 e. The number of rotatable bonds is 4. The van der Waals surface area contributed by atoms with Gasteiger partial charge in [0.1, 0.15) is 5.82 Å². The van der Waals surface area contributed by atoms with Crippen molar-refractivity contribution in [2.45, 2.75) is 19.2 Å². The molecule has 0 aliphatic rings. The van der Waals surface area contributed by atoms with Gasteiger partial charge in [-0.2, -0.15) is 0 Å². The Hall–Kier alpha value is -1.74. The van der Waals surface area contributed by atoms with Gasteiger partial charge in [-0.1, -0.05) is 18.2 Å². The number of hydrogen-bond donors (Lipinski definition) is 0. The minimum absolute atomic E-state index is 0.350. The Morgan fingerprint density at radius 1 is 0.952 bits per heavy atom. The second-order valence-corrected chi connectivity index (χ2v) is 5.37. The van der Waals surface area contributed by atoms with Crippen LogP contribution in [0.4, 0.5) is 4.39 Å². The highest BCUT2D eigenvalue weighted by Crippen LogP contribution is 2.37. The zero-order valence-corrected chi connectivity index (χ0v) is 13.3. The van der Waals surface area contributed by atoms with Gasteiger partial charge >= 0.3 is 0 Å². The van der Waals surface area contributed by atoms with Crippen molar-refractivity contribution in [3.8, 4) is 11.5 Å². The number of benzene rings is 2. The lowest BCUT2D eigenvalue weighted by Crippen LogP contribution is -2.01. The molecule has 0 amide bonds. The van der Waals surface area contributed by atoms with Crippen molar-refractivity contribution < 1.29 is 13.9 Å². The molecule has 0 heterocycles. The molecule has 4 heteroatoms. The molecule has 2 nitrogen and oxygen atoms in total. The van der Waals surface area contributed by atoms with Gasteiger partial charge in [0.25, 0.3) is 0 Å². The van der Waals surface area contributed by atoms with Crippen molar-refractivity contribution in [3.05, 3.63) is 58.4 Å². The summed E-state index contributed by atoms with van der Waals surface area (Å²) in [6, 6.07) is 8.75. The average molecular weight is 309 g/mol. The zero-order valence-electron chi connectivity index (χ0n) is 12.5. The summed E-state index contributed by atoms with van der Waals surface area (Å²) in [7, 11) is 2.98. The molecule has 0 fully saturated rings. The van der Waals surface area contributed by atoms with Crippen LogP contribution < -0.4 is 9.47 Å². The molecule has 0 aliphatic carbocycles. The zero-order chi connectivity index (χ0) is 15.6. The monoisotopic (exact) mass is 308 g/mol. The van der Waals surface area contributed by atoms with Crippen molar-refractivity contribution in [3.63, 3.8) is 0 Å². The number of hydrogen-bond acceptors (Lipinski definition) is 2. The Morgan fingerprint density at radius 2 is 1.57 bits per heavy atom. The Balaban J connectivity index is 2.47. The lowest BCUT2D eigenvalue weighted by molar-refractivity contribution is 0.351. The molecule has 2 aromatic carbocycles. The van der Waals surface area contributed by atoms with Crippen LogP contribution in [0.1, 0.15) is 27.6 Å². The van der Waals surface area contributed by atoms with Crippen LogP contribution in [-0.2, 0) is 0 Å². The molecule has 1 atom stereocenters. The van der Waals surface area contributed by atoms with Crippen LogP contribution in [-0.4, -0.2) is 14.2 Å². The summed E-state index contributed by atoms with van der Waals surface area (Å²) in [6.07, 6.45) is 0. The van der Waals surface area contributed by atoms with Crippen LogP contribution >= 0.6 is 11.6 Å². The van der Waals surface area contributed by atoms with Gasteiger partial charge in [-0.15, -0.1) is 11.6 Å². The fourth-order valence-electron chi connectivity index (χ4n) is 2.17. The number of ether oxygens (including phenoxy) is 2. The molecule has 0 bridgehead atoms. The second kappa shape index (κ2) is 6.35. The minimum atomic E-state index is -0.580. The first-order valence-electron chi connectivity index (χ1n) is 6.60. The van der Waals surface area contributed by atoms with Crippen molar-refractivity contribution in [2.24, 2.45) is 0 Å². The second-order valence-electron chi connectivity index (χ2n) is 4.93. The fraction of sp³-hybridized carbons (Fsp3) is 0.294. The van der Waals surface area contributed by atoms with Gasteiger partial charge in [-0.3, -0.25) is 0 Å². The van der Waals surface area contributed by atoms with Gasteiger partial charge in [0.15, 0.2) is 11.5 Å². The SMILES string of the molecule is COc1cc(F)c(C(Cl)c2ccc(C)c(C)c2)cc1OC. The third-order valence-corrected chi connectivity index (χ3v) is 4.09. The predicted octanol–water partition coefficient (Wildman–Crippen LogP) is 4.79. The van der Waals surface area contributed by atoms with Crippen molar-refractivity contribution in [2.75, 3.05) is 14.2 Å². The summed E-state index contributed by atoms with van der Waals surface area (Å²) in [5.74, 6) is 0.400. The fourth-order valence-corrected chi connectivity index (χ4v) is 2.47. The maximum absolute atomic E-state index is 14.2. The van der Waals surface area contributed by atoms with E-state index >= 15 is 0 Å². The first-order chi connectivity index (χ1) is 9.97. The van der Waals surface area contributed by atoms with Gasteiger partial charge in [0, 0.05) is 11.6 Å². The number of aryl methyl sites for hydroxylation is 2. The van der Waals surface area contributed by atoms with Crippen LogP contribution in [0.5, 0.6) is 11.5 Å². The van der Waals surface area contributed by atoms with E-state index in [-0.39, 0.29) is 0 Å². The van der Waals surface area contributed by atoms with Crippen molar-refractivity contribution >= 4 is 11.6 Å². The molecule has 0 radical (unpaired) electrons. The van der Waals surface area contributed by atoms with E-state index in [0.29, 0.717) is 17.1 Å². The van der Waals surface area contributed by atoms with Crippen molar-refractivity contribution in [1.82, 2.24) is 0 Å². The normalized spacial score (nSPS) is 12.1. The van der Waals surface area contributed by atoms with Crippen LogP contribution in [0.25, 0.3) is 0 Å². The Bertz CT molecular complexity index is 655. The molecule has 2 rings (SSSR count). The Kier molecular flexibility index (Phi) is 4.73. The highest BCUT2D eigenvalue weighted by atomic mass is 35.5. The van der Waals surface area contributed by atoms with Gasteiger partial charge in [-0.25, -0.2) is 4.39 Å². The largest absolute Gasteiger partial charge is 0.493 e. The molecule has 112 valence electrons. The third kappa shape index (κ3) is 3.13. The summed E-state index contributed by atoms with van der Waals surface area (Å²) >= 11 is 6.45. The van der Waals surface area contributed by atoms with E-state index in [4.69, 9.17) is 21.1 Å². The van der Waals surface area contributed by atoms with Gasteiger partial charge in [-0.05, 0) is 36.6 Å². The average Bonchev–Trinajstić information content (AvgIpc) is 2.49. The molecule has 0 N–H and O–H groups in total. The lowest BCUT2D eigenvalue weighted by Gasteiger charge is -2.16. The van der Waals surface area contributed by atoms with E-state index in [0.717, 1.165) is 11.1 Å². The molecule has 2 aromatic rings. The predicted molar refractivity (Wildman–Crippen MR) is 83.1 cm³/mol. The summed E-state index contributed by atoms with van der Waals surface area (Å²) in [5.41, 5.74) is 3.53. The number of methoxy groups -OCH3 is 2. The summed E-state index contributed by atoms with van der Waals surface area (Å²) < 4.78 is 24.5. The molecule has 0 spiro atoms. The van der Waals surface area contributed by atoms with Crippen LogP contribution in [0.2, 0.25) is 0 Å². The standard InChI is InChI=1S/C17H18ClFO2/c1-10-5-6-12(7-11(10)2)17(18)13-8-15(20-3)16(21-4)9-14(13)19/h5-9,17H,1-4H3. The summed E-state index contributed by atoms with van der Waals surface area (Å²) in [4.78, 5) is 0. The van der Waals surface area contributed by atoms with Crippen molar-refractivity contribution in [1.29, 1.82) is 0 Å². The first-order valence-corrected chi connectivity index (χ1v) is 7.04. The summed E-state index contributed by atoms with van der Waals surface area (Å²) in [5, 5.41) is -0.580. The Labute approximate surface area is 129 Å². The number of alkyl halides is 1. The van der Waals surface area contributed by atoms with E-state index in [1.165, 1.54) is 25.8 Å². The molecule has 1 unspecified atom stereocenters. The quantitative estimate of drug-likeness (QED) is 0.756. The highest BCUT2D eigenvalue weighted by molar-refractivity contribution is 6.22. The topological polar surface area (TPSA) is 18.5 Å². The number of halogens is 2. The third-order valence-electron chi connectivity index (χ3n) is 3.60. The maximum atomic E-state index is 14.2. The molecule has 0 saturated heterocycles. The van der Waals surface area contributed by atoms with Crippen LogP contribution in [0.3, 0.4) is 0 Å². The summed E-state index contributed by atoms with van der Waals surface area (Å²) in [6.45, 7) is 4.03. The molecule has 21 heavy (non-hydrogen) atoms. The first kappa shape index (κ1) is 15.6. The van der Waals surface area contributed by atoms with E-state index < -0.39 is 11.2 Å². The highest BCUT2D eigenvalue weighted by Gasteiger charge is 2.19. The molecule has 0 aliphatic heterocycles. The Morgan fingerprint density at radius 3 is 2.14 bits per heavy atom. The molecule has 0 saturated carbocycles. The van der Waals surface area contributed by atoms with E-state index in [1.807, 2.05) is 32.0 Å². The molecule has 0 aromatic heterocycles. The van der Waals surface area contributed by atoms with Gasteiger partial charge in [0.05, 0.1) is 19.6 Å². The molecular formula is C17H18ClFO2. The van der Waals surface area contributed by atoms with E-state index in [2.05, 4.69) is 0 Å². The smallest absolute Gasteiger partial charge is 0.163 e. The maximum Gasteiger partial charge on any atom is 0.163 e. The molecular weight excluding hydrogens is 291 g/mol. The lowest BCUT2D eigenvalue weighted by atomic mass is 9.99. The van der Waals surface area contributed by atoms with Crippen LogP contribution in [0.15, 0.2) is 30.3 Å². The van der Waals surface area contributed by atoms with Gasteiger partial charge in [0.2, 0.25) is 0 Å². The van der Waals surface area contributed by atoms with Gasteiger partial charge < -0.3 is 9.47 Å². The van der Waals surface area contributed by atoms with Crippen LogP contribution in [0, 0.1) is 19.7 Å². The van der Waals surface area contributed by atoms with E-state index in [1.54, 1.807) is 6.07 Å². The van der Waals surface area contributed by atoms with E-state index in [9.17, 15) is 4.39 Å².